The summed E-state index contributed by atoms with van der Waals surface area (Å²) in [5, 5.41) is 4.58. The van der Waals surface area contributed by atoms with E-state index in [0.29, 0.717) is 10.9 Å². The summed E-state index contributed by atoms with van der Waals surface area (Å²) in [5.41, 5.74) is -0.120. The average molecular weight is 410 g/mol. The number of pyridine rings is 1. The third kappa shape index (κ3) is 2.83. The second-order valence-corrected chi connectivity index (χ2v) is 6.98. The lowest BCUT2D eigenvalue weighted by Gasteiger charge is -2.17. The highest BCUT2D eigenvalue weighted by Crippen LogP contribution is 2.33. The summed E-state index contributed by atoms with van der Waals surface area (Å²) in [4.78, 5) is 17.3. The fraction of sp³-hybridized carbons (Fsp3) is 0.136. The molecule has 0 aliphatic carbocycles. The number of rotatable bonds is 3. The van der Waals surface area contributed by atoms with E-state index in [0.717, 1.165) is 17.0 Å². The zero-order valence-electron chi connectivity index (χ0n) is 17.7. The molecule has 1 amide bonds. The van der Waals surface area contributed by atoms with Gasteiger partial charge in [-0.2, -0.15) is 5.10 Å². The van der Waals surface area contributed by atoms with Crippen molar-refractivity contribution in [1.82, 2.24) is 19.7 Å². The lowest BCUT2D eigenvalue weighted by molar-refractivity contribution is 0.0763. The fourth-order valence-corrected chi connectivity index (χ4v) is 3.64. The van der Waals surface area contributed by atoms with Crippen molar-refractivity contribution >= 4 is 16.8 Å². The highest BCUT2D eigenvalue weighted by molar-refractivity contribution is 5.98. The van der Waals surface area contributed by atoms with Crippen LogP contribution in [0.25, 0.3) is 22.0 Å². The van der Waals surface area contributed by atoms with Gasteiger partial charge in [0.2, 0.25) is 0 Å². The normalized spacial score (nSPS) is 16.0. The van der Waals surface area contributed by atoms with Gasteiger partial charge in [-0.05, 0) is 42.0 Å². The maximum atomic E-state index is 15.0. The van der Waals surface area contributed by atoms with E-state index < -0.39 is 42.0 Å². The lowest BCUT2D eigenvalue weighted by atomic mass is 9.99. The maximum Gasteiger partial charge on any atom is 0.256 e. The number of nitrogens with zero attached hydrogens (tertiary/aromatic N) is 4. The van der Waals surface area contributed by atoms with Gasteiger partial charge in [0, 0.05) is 36.0 Å². The van der Waals surface area contributed by atoms with Crippen LogP contribution >= 0.6 is 0 Å². The fourth-order valence-electron chi connectivity index (χ4n) is 3.64. The van der Waals surface area contributed by atoms with Crippen molar-refractivity contribution in [2.24, 2.45) is 7.05 Å². The van der Waals surface area contributed by atoms with Crippen LogP contribution in [-0.2, 0) is 20.1 Å². The molecule has 0 spiro atoms. The number of carbonyl (C=O) groups excluding carboxylic acids is 1. The molecule has 0 atom stereocenters. The SMILES string of the molecule is [2H]C1([2H])c2ncccc2C(=O)N1Cc1c(F)cc(-c2c(F)ccc3nn(C)cc23)cc1F. The number of aryl methyl sites for hydroxylation is 1. The Morgan fingerprint density at radius 3 is 2.63 bits per heavy atom. The van der Waals surface area contributed by atoms with Crippen molar-refractivity contribution in [2.45, 2.75) is 13.0 Å². The summed E-state index contributed by atoms with van der Waals surface area (Å²) in [7, 11) is 1.65. The zero-order valence-corrected chi connectivity index (χ0v) is 15.7. The van der Waals surface area contributed by atoms with Crippen LogP contribution in [0, 0.1) is 17.5 Å². The summed E-state index contributed by atoms with van der Waals surface area (Å²) in [6, 6.07) is 7.50. The van der Waals surface area contributed by atoms with Gasteiger partial charge in [-0.1, -0.05) is 0 Å². The first-order chi connectivity index (χ1) is 15.2. The molecule has 8 heteroatoms. The number of amides is 1. The summed E-state index contributed by atoms with van der Waals surface area (Å²) in [5.74, 6) is -3.42. The van der Waals surface area contributed by atoms with Crippen LogP contribution in [0.1, 0.15) is 24.4 Å². The van der Waals surface area contributed by atoms with E-state index in [1.54, 1.807) is 13.2 Å². The first-order valence-corrected chi connectivity index (χ1v) is 9.06. The summed E-state index contributed by atoms with van der Waals surface area (Å²) in [6.45, 7) is -2.99. The second kappa shape index (κ2) is 6.69. The average Bonchev–Trinajstić information content (AvgIpc) is 3.20. The molecular formula is C22H15F3N4O. The smallest absolute Gasteiger partial charge is 0.256 e. The van der Waals surface area contributed by atoms with Crippen molar-refractivity contribution in [3.63, 3.8) is 0 Å². The Morgan fingerprint density at radius 1 is 1.13 bits per heavy atom. The third-order valence-corrected chi connectivity index (χ3v) is 5.02. The van der Waals surface area contributed by atoms with Gasteiger partial charge in [-0.25, -0.2) is 13.2 Å². The summed E-state index contributed by atoms with van der Waals surface area (Å²) >= 11 is 0. The van der Waals surface area contributed by atoms with Crippen molar-refractivity contribution < 1.29 is 20.7 Å². The predicted octanol–water partition coefficient (Wildman–Crippen LogP) is 4.21. The highest BCUT2D eigenvalue weighted by atomic mass is 19.1. The largest absolute Gasteiger partial charge is 0.328 e. The van der Waals surface area contributed by atoms with Gasteiger partial charge in [0.25, 0.3) is 5.91 Å². The molecule has 4 aromatic rings. The monoisotopic (exact) mass is 410 g/mol. The Balaban J connectivity index is 1.57. The number of hydrogen-bond donors (Lipinski definition) is 0. The molecule has 150 valence electrons. The predicted molar refractivity (Wildman–Crippen MR) is 104 cm³/mol. The van der Waals surface area contributed by atoms with E-state index in [1.165, 1.54) is 35.1 Å². The Hall–Kier alpha value is -3.68. The van der Waals surface area contributed by atoms with Gasteiger partial charge in [0.15, 0.2) is 0 Å². The number of benzene rings is 2. The number of fused-ring (bicyclic) bond motifs is 2. The molecule has 0 fully saturated rings. The minimum Gasteiger partial charge on any atom is -0.328 e. The summed E-state index contributed by atoms with van der Waals surface area (Å²) in [6.07, 6.45) is 2.90. The van der Waals surface area contributed by atoms with E-state index in [2.05, 4.69) is 10.1 Å². The number of hydrogen-bond acceptors (Lipinski definition) is 3. The zero-order chi connectivity index (χ0) is 22.8. The number of halogens is 3. The molecular weight excluding hydrogens is 393 g/mol. The second-order valence-electron chi connectivity index (χ2n) is 6.98. The Bertz CT molecular complexity index is 1400. The van der Waals surface area contributed by atoms with E-state index in [4.69, 9.17) is 2.74 Å². The third-order valence-electron chi connectivity index (χ3n) is 5.02. The van der Waals surface area contributed by atoms with Crippen molar-refractivity contribution in [3.05, 3.63) is 83.1 Å². The van der Waals surface area contributed by atoms with Crippen LogP contribution in [0.5, 0.6) is 0 Å². The van der Waals surface area contributed by atoms with Crippen LogP contribution in [0.4, 0.5) is 13.2 Å². The van der Waals surface area contributed by atoms with E-state index in [9.17, 15) is 9.18 Å². The van der Waals surface area contributed by atoms with E-state index in [1.807, 2.05) is 0 Å². The highest BCUT2D eigenvalue weighted by Gasteiger charge is 2.30. The Labute approximate surface area is 172 Å². The lowest BCUT2D eigenvalue weighted by Crippen LogP contribution is -2.24. The number of carbonyl (C=O) groups is 1. The molecule has 5 rings (SSSR count). The Morgan fingerprint density at radius 2 is 1.90 bits per heavy atom. The van der Waals surface area contributed by atoms with E-state index in [-0.39, 0.29) is 22.4 Å². The first kappa shape index (κ1) is 16.2. The minimum atomic E-state index is -2.33. The van der Waals surface area contributed by atoms with Gasteiger partial charge in [-0.3, -0.25) is 14.5 Å². The van der Waals surface area contributed by atoms with Gasteiger partial charge in [0.05, 0.1) is 32.6 Å². The van der Waals surface area contributed by atoms with Crippen LogP contribution < -0.4 is 0 Å². The topological polar surface area (TPSA) is 51.0 Å². The molecule has 30 heavy (non-hydrogen) atoms. The molecule has 2 aromatic heterocycles. The van der Waals surface area contributed by atoms with Gasteiger partial charge < -0.3 is 4.90 Å². The van der Waals surface area contributed by atoms with Crippen LogP contribution in [-0.4, -0.2) is 25.6 Å². The molecule has 3 heterocycles. The van der Waals surface area contributed by atoms with Crippen LogP contribution in [0.15, 0.2) is 48.8 Å². The molecule has 5 nitrogen and oxygen atoms in total. The van der Waals surface area contributed by atoms with E-state index >= 15 is 8.78 Å². The maximum absolute atomic E-state index is 15.0. The van der Waals surface area contributed by atoms with Gasteiger partial charge in [0.1, 0.15) is 17.5 Å². The molecule has 0 saturated heterocycles. The molecule has 0 radical (unpaired) electrons. The first-order valence-electron chi connectivity index (χ1n) is 10.1. The van der Waals surface area contributed by atoms with Crippen LogP contribution in [0.2, 0.25) is 0 Å². The Kier molecular flexibility index (Phi) is 3.60. The molecule has 2 aromatic carbocycles. The molecule has 0 bridgehead atoms. The van der Waals surface area contributed by atoms with Crippen molar-refractivity contribution in [2.75, 3.05) is 0 Å². The van der Waals surface area contributed by atoms with Crippen molar-refractivity contribution in [1.29, 1.82) is 0 Å². The molecule has 0 N–H and O–H groups in total. The van der Waals surface area contributed by atoms with Crippen LogP contribution in [0.3, 0.4) is 0 Å². The quantitative estimate of drug-likeness (QED) is 0.509. The van der Waals surface area contributed by atoms with Gasteiger partial charge in [-0.15, -0.1) is 0 Å². The standard InChI is InChI=1S/C22H15F3N4O/c1-28-9-15-19(27-28)5-4-16(23)21(15)12-7-17(24)14(18(25)8-12)10-29-11-20-13(22(29)30)3-2-6-26-20/h2-9H,10-11H2,1H3/i11D2. The summed E-state index contributed by atoms with van der Waals surface area (Å²) < 4.78 is 62.7. The molecule has 0 unspecified atom stereocenters. The van der Waals surface area contributed by atoms with Gasteiger partial charge >= 0.3 is 0 Å². The minimum absolute atomic E-state index is 0.00383. The molecule has 0 saturated carbocycles. The van der Waals surface area contributed by atoms with Crippen molar-refractivity contribution in [3.8, 4) is 11.1 Å². The number of aromatic nitrogens is 3. The molecule has 1 aliphatic heterocycles. The molecule has 1 aliphatic rings.